The normalized spacial score (nSPS) is 21.4. The van der Waals surface area contributed by atoms with E-state index in [1.54, 1.807) is 6.07 Å². The number of fused-ring (bicyclic) bond motifs is 4. The van der Waals surface area contributed by atoms with Crippen molar-refractivity contribution in [2.45, 2.75) is 43.7 Å². The van der Waals surface area contributed by atoms with Crippen LogP contribution in [0.3, 0.4) is 0 Å². The molecule has 1 saturated heterocycles. The summed E-state index contributed by atoms with van der Waals surface area (Å²) in [7, 11) is 1.94. The highest BCUT2D eigenvalue weighted by Gasteiger charge is 2.44. The number of rotatable bonds is 3. The summed E-state index contributed by atoms with van der Waals surface area (Å²) in [6.45, 7) is 5.88. The van der Waals surface area contributed by atoms with Gasteiger partial charge in [0.1, 0.15) is 12.0 Å². The molecule has 2 fully saturated rings. The molecular weight excluding hydrogens is 392 g/mol. The van der Waals surface area contributed by atoms with E-state index in [-0.39, 0.29) is 17.4 Å². The number of amides is 2. The summed E-state index contributed by atoms with van der Waals surface area (Å²) in [6, 6.07) is 8.00. The first-order chi connectivity index (χ1) is 15.0. The first-order valence-electron chi connectivity index (χ1n) is 11.0. The van der Waals surface area contributed by atoms with Crippen molar-refractivity contribution in [3.63, 3.8) is 0 Å². The van der Waals surface area contributed by atoms with Gasteiger partial charge in [-0.15, -0.1) is 0 Å². The van der Waals surface area contributed by atoms with E-state index in [0.29, 0.717) is 18.2 Å². The molecule has 5 rings (SSSR count). The Morgan fingerprint density at radius 1 is 1.29 bits per heavy atom. The topological polar surface area (TPSA) is 83.4 Å². The average molecular weight is 423 g/mol. The van der Waals surface area contributed by atoms with Gasteiger partial charge in [-0.25, -0.2) is 0 Å². The summed E-state index contributed by atoms with van der Waals surface area (Å²) in [5.41, 5.74) is 2.43. The monoisotopic (exact) mass is 422 g/mol. The van der Waals surface area contributed by atoms with E-state index in [1.165, 1.54) is 12.5 Å². The van der Waals surface area contributed by atoms with Crippen LogP contribution in [0.1, 0.15) is 53.0 Å². The molecule has 7 nitrogen and oxygen atoms in total. The smallest absolute Gasteiger partial charge is 0.268 e. The molecule has 1 unspecified atom stereocenters. The van der Waals surface area contributed by atoms with E-state index in [1.807, 2.05) is 30.1 Å². The van der Waals surface area contributed by atoms with Gasteiger partial charge in [0, 0.05) is 42.1 Å². The molecule has 1 aliphatic carbocycles. The third-order valence-corrected chi connectivity index (χ3v) is 6.85. The van der Waals surface area contributed by atoms with E-state index in [0.717, 1.165) is 61.7 Å². The molecule has 2 N–H and O–H groups in total. The van der Waals surface area contributed by atoms with Crippen molar-refractivity contribution in [2.24, 2.45) is 0 Å². The summed E-state index contributed by atoms with van der Waals surface area (Å²) in [5, 5.41) is 7.21. The van der Waals surface area contributed by atoms with Crippen LogP contribution in [-0.4, -0.2) is 60.3 Å². The van der Waals surface area contributed by atoms with Crippen LogP contribution in [0, 0.1) is 0 Å². The van der Waals surface area contributed by atoms with Crippen LogP contribution in [0.4, 0.5) is 0 Å². The second-order valence-electron chi connectivity index (χ2n) is 8.68. The standard InChI is InChI=1S/C15H14N2O2.C9H16N2O/c18-8-10-2-3-11-7-13-14(19)16-9-15(4-1-5-15)17(13)12(11)6-10;1-3-9(12)11-6-4-5-8(7-11)10-2/h2-3,6-8H,1,4-5,9H2,(H,16,19);3,8,10H,1,4-7H2,2H3. The Morgan fingerprint density at radius 3 is 2.74 bits per heavy atom. The number of nitrogens with zero attached hydrogens (tertiary/aromatic N) is 2. The average Bonchev–Trinajstić information content (AvgIpc) is 3.18. The Kier molecular flexibility index (Phi) is 5.96. The van der Waals surface area contributed by atoms with E-state index < -0.39 is 0 Å². The van der Waals surface area contributed by atoms with Crippen molar-refractivity contribution in [3.05, 3.63) is 48.2 Å². The molecule has 7 heteroatoms. The van der Waals surface area contributed by atoms with E-state index >= 15 is 0 Å². The number of likely N-dealkylation sites (N-methyl/N-ethyl adjacent to an activating group) is 1. The van der Waals surface area contributed by atoms with Crippen molar-refractivity contribution < 1.29 is 14.4 Å². The fraction of sp³-hybridized carbons (Fsp3) is 0.458. The third kappa shape index (κ3) is 3.90. The fourth-order valence-electron chi connectivity index (χ4n) is 4.91. The van der Waals surface area contributed by atoms with Crippen LogP contribution in [0.2, 0.25) is 0 Å². The lowest BCUT2D eigenvalue weighted by molar-refractivity contribution is -0.127. The number of likely N-dealkylation sites (tertiary alicyclic amines) is 1. The van der Waals surface area contributed by atoms with Crippen molar-refractivity contribution in [2.75, 3.05) is 26.7 Å². The summed E-state index contributed by atoms with van der Waals surface area (Å²) in [6.07, 6.45) is 7.88. The minimum absolute atomic E-state index is 0.0126. The van der Waals surface area contributed by atoms with Crippen LogP contribution in [0.5, 0.6) is 0 Å². The minimum atomic E-state index is -0.0126. The zero-order chi connectivity index (χ0) is 22.0. The molecule has 2 amide bonds. The summed E-state index contributed by atoms with van der Waals surface area (Å²) >= 11 is 0. The summed E-state index contributed by atoms with van der Waals surface area (Å²) in [4.78, 5) is 36.1. The van der Waals surface area contributed by atoms with Crippen LogP contribution >= 0.6 is 0 Å². The number of piperidine rings is 1. The maximum atomic E-state index is 12.0. The highest BCUT2D eigenvalue weighted by molar-refractivity contribution is 6.01. The largest absolute Gasteiger partial charge is 0.348 e. The zero-order valence-electron chi connectivity index (χ0n) is 18.0. The molecule has 1 atom stereocenters. The maximum Gasteiger partial charge on any atom is 0.268 e. The molecule has 1 spiro atoms. The van der Waals surface area contributed by atoms with Gasteiger partial charge in [0.2, 0.25) is 5.91 Å². The number of aldehydes is 1. The molecule has 31 heavy (non-hydrogen) atoms. The predicted octanol–water partition coefficient (Wildman–Crippen LogP) is 2.46. The highest BCUT2D eigenvalue weighted by atomic mass is 16.2. The maximum absolute atomic E-state index is 12.0. The Labute approximate surface area is 182 Å². The molecule has 0 radical (unpaired) electrons. The van der Waals surface area contributed by atoms with Gasteiger partial charge in [-0.1, -0.05) is 18.7 Å². The van der Waals surface area contributed by atoms with Crippen LogP contribution in [0.15, 0.2) is 36.9 Å². The first-order valence-corrected chi connectivity index (χ1v) is 11.0. The Balaban J connectivity index is 0.000000168. The number of hydrogen-bond acceptors (Lipinski definition) is 4. The SMILES string of the molecule is C=CC(=O)N1CCCC(NC)C1.O=Cc1ccc2cc3n(c2c1)C1(CCC1)CNC3=O. The van der Waals surface area contributed by atoms with Gasteiger partial charge in [-0.2, -0.15) is 0 Å². The van der Waals surface area contributed by atoms with Gasteiger partial charge < -0.3 is 20.1 Å². The second kappa shape index (κ2) is 8.67. The number of aromatic nitrogens is 1. The van der Waals surface area contributed by atoms with E-state index in [9.17, 15) is 14.4 Å². The number of carbonyl (C=O) groups is 3. The van der Waals surface area contributed by atoms with Crippen molar-refractivity contribution in [1.29, 1.82) is 0 Å². The molecule has 0 bridgehead atoms. The van der Waals surface area contributed by atoms with E-state index in [2.05, 4.69) is 21.8 Å². The molecule has 1 aromatic heterocycles. The Morgan fingerprint density at radius 2 is 2.10 bits per heavy atom. The summed E-state index contributed by atoms with van der Waals surface area (Å²) in [5.74, 6) is 0.0383. The van der Waals surface area contributed by atoms with Gasteiger partial charge in [0.25, 0.3) is 5.91 Å². The number of hydrogen-bond donors (Lipinski definition) is 2. The molecular formula is C24H30N4O3. The molecule has 1 saturated carbocycles. The van der Waals surface area contributed by atoms with Gasteiger partial charge in [-0.3, -0.25) is 14.4 Å². The number of carbonyl (C=O) groups excluding carboxylic acids is 3. The van der Waals surface area contributed by atoms with Crippen LogP contribution in [-0.2, 0) is 10.3 Å². The molecule has 2 aliphatic heterocycles. The van der Waals surface area contributed by atoms with Crippen molar-refractivity contribution in [1.82, 2.24) is 20.1 Å². The number of nitrogens with one attached hydrogen (secondary N) is 2. The quantitative estimate of drug-likeness (QED) is 0.588. The summed E-state index contributed by atoms with van der Waals surface area (Å²) < 4.78 is 2.16. The van der Waals surface area contributed by atoms with Gasteiger partial charge in [0.15, 0.2) is 0 Å². The fourth-order valence-corrected chi connectivity index (χ4v) is 4.91. The lowest BCUT2D eigenvalue weighted by atomic mass is 9.75. The molecule has 3 aliphatic rings. The van der Waals surface area contributed by atoms with Gasteiger partial charge in [-0.05, 0) is 57.4 Å². The van der Waals surface area contributed by atoms with Crippen molar-refractivity contribution in [3.8, 4) is 0 Å². The zero-order valence-corrected chi connectivity index (χ0v) is 18.0. The van der Waals surface area contributed by atoms with E-state index in [4.69, 9.17) is 0 Å². The van der Waals surface area contributed by atoms with Crippen LogP contribution in [0.25, 0.3) is 10.9 Å². The van der Waals surface area contributed by atoms with Crippen molar-refractivity contribution >= 4 is 29.0 Å². The molecule has 3 heterocycles. The van der Waals surface area contributed by atoms with Gasteiger partial charge in [0.05, 0.1) is 5.54 Å². The lowest BCUT2D eigenvalue weighted by Gasteiger charge is -2.47. The lowest BCUT2D eigenvalue weighted by Crippen LogP contribution is -2.55. The Bertz CT molecular complexity index is 1020. The predicted molar refractivity (Wildman–Crippen MR) is 120 cm³/mol. The minimum Gasteiger partial charge on any atom is -0.348 e. The third-order valence-electron chi connectivity index (χ3n) is 6.85. The first kappa shape index (κ1) is 21.3. The second-order valence-corrected chi connectivity index (χ2v) is 8.68. The molecule has 164 valence electrons. The van der Waals surface area contributed by atoms with Gasteiger partial charge >= 0.3 is 0 Å². The Hall–Kier alpha value is -2.93. The molecule has 2 aromatic rings. The molecule has 1 aromatic carbocycles. The number of benzene rings is 1. The highest BCUT2D eigenvalue weighted by Crippen LogP contribution is 2.44. The van der Waals surface area contributed by atoms with Crippen LogP contribution < -0.4 is 10.6 Å².